The largest absolute Gasteiger partial charge is 0.379 e. The second kappa shape index (κ2) is 9.78. The quantitative estimate of drug-likeness (QED) is 0.773. The number of urea groups is 1. The zero-order valence-electron chi connectivity index (χ0n) is 15.2. The summed E-state index contributed by atoms with van der Waals surface area (Å²) in [6.45, 7) is 6.66. The van der Waals surface area contributed by atoms with Gasteiger partial charge in [0.15, 0.2) is 0 Å². The van der Waals surface area contributed by atoms with Gasteiger partial charge in [-0.3, -0.25) is 4.90 Å². The number of likely N-dealkylation sites (tertiary alicyclic amines) is 1. The second-order valence-corrected chi connectivity index (χ2v) is 7.01. The Hall–Kier alpha value is -1.59. The minimum absolute atomic E-state index is 0.0968. The van der Waals surface area contributed by atoms with Gasteiger partial charge in [-0.1, -0.05) is 36.8 Å². The number of benzene rings is 1. The molecule has 25 heavy (non-hydrogen) atoms. The first-order valence-electron chi connectivity index (χ1n) is 9.74. The number of hydrogen-bond donors (Lipinski definition) is 1. The minimum Gasteiger partial charge on any atom is -0.379 e. The lowest BCUT2D eigenvalue weighted by molar-refractivity contribution is 0.0371. The van der Waals surface area contributed by atoms with E-state index < -0.39 is 0 Å². The molecule has 138 valence electrons. The molecule has 2 heterocycles. The third-order valence-corrected chi connectivity index (χ3v) is 5.23. The van der Waals surface area contributed by atoms with Crippen molar-refractivity contribution in [2.45, 2.75) is 38.1 Å². The van der Waals surface area contributed by atoms with Gasteiger partial charge in [0.2, 0.25) is 0 Å². The molecule has 2 saturated heterocycles. The first-order valence-corrected chi connectivity index (χ1v) is 9.74. The Kier molecular flexibility index (Phi) is 7.12. The van der Waals surface area contributed by atoms with Gasteiger partial charge in [-0.2, -0.15) is 0 Å². The van der Waals surface area contributed by atoms with E-state index in [4.69, 9.17) is 4.74 Å². The summed E-state index contributed by atoms with van der Waals surface area (Å²) in [6, 6.07) is 10.7. The van der Waals surface area contributed by atoms with Gasteiger partial charge in [-0.15, -0.1) is 0 Å². The zero-order valence-corrected chi connectivity index (χ0v) is 15.2. The summed E-state index contributed by atoms with van der Waals surface area (Å²) < 4.78 is 5.37. The van der Waals surface area contributed by atoms with Crippen molar-refractivity contribution in [1.82, 2.24) is 15.1 Å². The van der Waals surface area contributed by atoms with E-state index in [0.29, 0.717) is 0 Å². The van der Waals surface area contributed by atoms with Gasteiger partial charge >= 0.3 is 6.03 Å². The number of ether oxygens (including phenoxy) is 1. The molecule has 1 aromatic carbocycles. The van der Waals surface area contributed by atoms with Gasteiger partial charge in [0.05, 0.1) is 19.3 Å². The Bertz CT molecular complexity index is 517. The van der Waals surface area contributed by atoms with Crippen LogP contribution in [0.15, 0.2) is 30.3 Å². The lowest BCUT2D eigenvalue weighted by Crippen LogP contribution is -2.40. The second-order valence-electron chi connectivity index (χ2n) is 7.01. The van der Waals surface area contributed by atoms with Crippen LogP contribution in [0, 0.1) is 0 Å². The molecule has 5 nitrogen and oxygen atoms in total. The van der Waals surface area contributed by atoms with E-state index in [2.05, 4.69) is 34.5 Å². The average Bonchev–Trinajstić information content (AvgIpc) is 3.16. The molecule has 0 saturated carbocycles. The summed E-state index contributed by atoms with van der Waals surface area (Å²) in [5, 5.41) is 3.12. The van der Waals surface area contributed by atoms with Gasteiger partial charge in [-0.25, -0.2) is 4.79 Å². The number of carbonyl (C=O) groups is 1. The third-order valence-electron chi connectivity index (χ3n) is 5.23. The average molecular weight is 345 g/mol. The lowest BCUT2D eigenvalue weighted by Gasteiger charge is -2.26. The van der Waals surface area contributed by atoms with Gasteiger partial charge in [0, 0.05) is 26.2 Å². The van der Waals surface area contributed by atoms with Crippen LogP contribution in [0.1, 0.15) is 43.7 Å². The van der Waals surface area contributed by atoms with E-state index in [9.17, 15) is 4.79 Å². The molecule has 1 N–H and O–H groups in total. The van der Waals surface area contributed by atoms with E-state index in [-0.39, 0.29) is 12.1 Å². The fourth-order valence-corrected chi connectivity index (χ4v) is 3.79. The normalized spacial score (nSPS) is 21.4. The Morgan fingerprint density at radius 1 is 1.08 bits per heavy atom. The number of nitrogens with zero attached hydrogens (tertiary/aromatic N) is 2. The topological polar surface area (TPSA) is 44.8 Å². The first-order chi connectivity index (χ1) is 12.3. The summed E-state index contributed by atoms with van der Waals surface area (Å²) in [5.74, 6) is 0. The van der Waals surface area contributed by atoms with Gasteiger partial charge in [-0.05, 0) is 37.8 Å². The maximum atomic E-state index is 12.5. The maximum absolute atomic E-state index is 12.5. The van der Waals surface area contributed by atoms with Crippen molar-refractivity contribution in [3.63, 3.8) is 0 Å². The lowest BCUT2D eigenvalue weighted by atomic mass is 10.1. The minimum atomic E-state index is 0.0968. The van der Waals surface area contributed by atoms with Crippen molar-refractivity contribution in [2.24, 2.45) is 0 Å². The summed E-state index contributed by atoms with van der Waals surface area (Å²) in [7, 11) is 0. The standard InChI is InChI=1S/C20H31N3O2/c24-20(21-11-5-2-6-12-22-14-16-25-17-15-22)23-13-7-10-19(23)18-8-3-1-4-9-18/h1,3-4,8-9,19H,2,5-7,10-17H2,(H,21,24)/t19-/m1/s1. The Morgan fingerprint density at radius 2 is 1.88 bits per heavy atom. The Balaban J connectivity index is 1.32. The van der Waals surface area contributed by atoms with Crippen molar-refractivity contribution >= 4 is 6.03 Å². The van der Waals surface area contributed by atoms with Crippen LogP contribution < -0.4 is 5.32 Å². The van der Waals surface area contributed by atoms with Gasteiger partial charge in [0.25, 0.3) is 0 Å². The molecular weight excluding hydrogens is 314 g/mol. The van der Waals surface area contributed by atoms with E-state index in [1.807, 2.05) is 11.0 Å². The van der Waals surface area contributed by atoms with E-state index >= 15 is 0 Å². The number of carbonyl (C=O) groups excluding carboxylic acids is 1. The number of unbranched alkanes of at least 4 members (excludes halogenated alkanes) is 2. The van der Waals surface area contributed by atoms with E-state index in [1.54, 1.807) is 0 Å². The highest BCUT2D eigenvalue weighted by atomic mass is 16.5. The smallest absolute Gasteiger partial charge is 0.317 e. The van der Waals surface area contributed by atoms with Crippen LogP contribution in [0.25, 0.3) is 0 Å². The molecule has 2 amide bonds. The first kappa shape index (κ1) is 18.2. The number of morpholine rings is 1. The van der Waals surface area contributed by atoms with Crippen LogP contribution in [0.4, 0.5) is 4.79 Å². The summed E-state index contributed by atoms with van der Waals surface area (Å²) in [6.07, 6.45) is 5.58. The van der Waals surface area contributed by atoms with Crippen molar-refractivity contribution < 1.29 is 9.53 Å². The van der Waals surface area contributed by atoms with Crippen LogP contribution in [0.5, 0.6) is 0 Å². The molecule has 3 rings (SSSR count). The van der Waals surface area contributed by atoms with E-state index in [0.717, 1.165) is 65.2 Å². The molecule has 1 aromatic rings. The van der Waals surface area contributed by atoms with Crippen LogP contribution in [-0.2, 0) is 4.74 Å². The summed E-state index contributed by atoms with van der Waals surface area (Å²) >= 11 is 0. The fraction of sp³-hybridized carbons (Fsp3) is 0.650. The SMILES string of the molecule is O=C(NCCCCCN1CCOCC1)N1CCC[C@@H]1c1ccccc1. The highest BCUT2D eigenvalue weighted by Gasteiger charge is 2.29. The molecule has 0 bridgehead atoms. The summed E-state index contributed by atoms with van der Waals surface area (Å²) in [4.78, 5) is 17.0. The maximum Gasteiger partial charge on any atom is 0.317 e. The number of amides is 2. The highest BCUT2D eigenvalue weighted by Crippen LogP contribution is 2.31. The van der Waals surface area contributed by atoms with Gasteiger partial charge in [0.1, 0.15) is 0 Å². The number of nitrogens with one attached hydrogen (secondary N) is 1. The van der Waals surface area contributed by atoms with Crippen molar-refractivity contribution in [3.8, 4) is 0 Å². The molecule has 0 radical (unpaired) electrons. The fourth-order valence-electron chi connectivity index (χ4n) is 3.79. The predicted molar refractivity (Wildman–Crippen MR) is 99.6 cm³/mol. The molecule has 1 atom stereocenters. The molecule has 0 aromatic heterocycles. The number of hydrogen-bond acceptors (Lipinski definition) is 3. The van der Waals surface area contributed by atoms with E-state index in [1.165, 1.54) is 18.4 Å². The van der Waals surface area contributed by atoms with Gasteiger partial charge < -0.3 is 15.0 Å². The molecule has 0 aliphatic carbocycles. The molecule has 0 unspecified atom stereocenters. The molecule has 5 heteroatoms. The van der Waals surface area contributed by atoms with Crippen molar-refractivity contribution in [3.05, 3.63) is 35.9 Å². The monoisotopic (exact) mass is 345 g/mol. The molecule has 2 aliphatic rings. The van der Waals surface area contributed by atoms with Crippen molar-refractivity contribution in [1.29, 1.82) is 0 Å². The highest BCUT2D eigenvalue weighted by molar-refractivity contribution is 5.75. The zero-order chi connectivity index (χ0) is 17.3. The van der Waals surface area contributed by atoms with Crippen LogP contribution in [-0.4, -0.2) is 61.8 Å². The molecular formula is C20H31N3O2. The van der Waals surface area contributed by atoms with Crippen LogP contribution >= 0.6 is 0 Å². The van der Waals surface area contributed by atoms with Crippen LogP contribution in [0.2, 0.25) is 0 Å². The predicted octanol–water partition coefficient (Wildman–Crippen LogP) is 3.04. The Labute approximate surface area is 151 Å². The number of rotatable bonds is 7. The molecule has 0 spiro atoms. The molecule has 2 fully saturated rings. The van der Waals surface area contributed by atoms with Crippen LogP contribution in [0.3, 0.4) is 0 Å². The third kappa shape index (κ3) is 5.44. The molecule has 2 aliphatic heterocycles. The van der Waals surface area contributed by atoms with Crippen molar-refractivity contribution in [2.75, 3.05) is 45.9 Å². The Morgan fingerprint density at radius 3 is 2.68 bits per heavy atom. The summed E-state index contributed by atoms with van der Waals surface area (Å²) in [5.41, 5.74) is 1.25.